The molecule has 0 radical (unpaired) electrons. The molecule has 7 heteroatoms. The van der Waals surface area contributed by atoms with E-state index in [2.05, 4.69) is 10.5 Å². The molecule has 0 atom stereocenters. The first-order valence-electron chi connectivity index (χ1n) is 7.04. The van der Waals surface area contributed by atoms with Crippen LogP contribution in [0.15, 0.2) is 41.5 Å². The van der Waals surface area contributed by atoms with Gasteiger partial charge in [-0.3, -0.25) is 4.79 Å². The van der Waals surface area contributed by atoms with Crippen molar-refractivity contribution in [2.24, 2.45) is 5.10 Å². The van der Waals surface area contributed by atoms with Crippen LogP contribution < -0.4 is 10.2 Å². The molecule has 0 aliphatic heterocycles. The maximum absolute atomic E-state index is 11.8. The third kappa shape index (κ3) is 5.13. The predicted molar refractivity (Wildman–Crippen MR) is 98.5 cm³/mol. The Morgan fingerprint density at radius 2 is 1.88 bits per heavy atom. The Hall–Kier alpha value is -1.75. The van der Waals surface area contributed by atoms with Crippen LogP contribution in [-0.2, 0) is 4.79 Å². The van der Waals surface area contributed by atoms with Gasteiger partial charge in [-0.2, -0.15) is 5.10 Å². The first-order valence-corrected chi connectivity index (χ1v) is 8.17. The Labute approximate surface area is 155 Å². The highest BCUT2D eigenvalue weighted by molar-refractivity contribution is 6.42. The third-order valence-corrected chi connectivity index (χ3v) is 4.16. The SMILES string of the molecule is CC(=NNC(=O)COc1ccc(Cl)cc1C)c1ccc(Cl)c(Cl)c1. The first-order chi connectivity index (χ1) is 11.4. The van der Waals surface area contributed by atoms with Crippen molar-refractivity contribution >= 4 is 46.4 Å². The average Bonchev–Trinajstić information content (AvgIpc) is 2.54. The number of ether oxygens (including phenoxy) is 1. The van der Waals surface area contributed by atoms with E-state index in [1.54, 1.807) is 43.3 Å². The molecule has 0 spiro atoms. The van der Waals surface area contributed by atoms with Gasteiger partial charge in [-0.15, -0.1) is 0 Å². The number of nitrogens with zero attached hydrogens (tertiary/aromatic N) is 1. The highest BCUT2D eigenvalue weighted by atomic mass is 35.5. The maximum atomic E-state index is 11.8. The van der Waals surface area contributed by atoms with Crippen LogP contribution in [0.25, 0.3) is 0 Å². The lowest BCUT2D eigenvalue weighted by Crippen LogP contribution is -2.25. The fourth-order valence-electron chi connectivity index (χ4n) is 1.88. The highest BCUT2D eigenvalue weighted by Crippen LogP contribution is 2.23. The Morgan fingerprint density at radius 3 is 2.54 bits per heavy atom. The van der Waals surface area contributed by atoms with Crippen LogP contribution in [-0.4, -0.2) is 18.2 Å². The van der Waals surface area contributed by atoms with Gasteiger partial charge < -0.3 is 4.74 Å². The molecule has 0 fully saturated rings. The standard InChI is InChI=1S/C17H15Cl3N2O2/c1-10-7-13(18)4-6-16(10)24-9-17(23)22-21-11(2)12-3-5-14(19)15(20)8-12/h3-8H,9H2,1-2H3,(H,22,23). The zero-order valence-electron chi connectivity index (χ0n) is 13.1. The van der Waals surface area contributed by atoms with Gasteiger partial charge in [0.05, 0.1) is 15.8 Å². The predicted octanol–water partition coefficient (Wildman–Crippen LogP) is 4.87. The molecule has 0 aliphatic rings. The van der Waals surface area contributed by atoms with E-state index in [0.717, 1.165) is 11.1 Å². The summed E-state index contributed by atoms with van der Waals surface area (Å²) in [5.74, 6) is 0.225. The molecule has 24 heavy (non-hydrogen) atoms. The van der Waals surface area contributed by atoms with Crippen LogP contribution >= 0.6 is 34.8 Å². The largest absolute Gasteiger partial charge is 0.483 e. The van der Waals surface area contributed by atoms with E-state index in [1.165, 1.54) is 0 Å². The molecule has 0 aromatic heterocycles. The fraction of sp³-hybridized carbons (Fsp3) is 0.176. The number of benzene rings is 2. The van der Waals surface area contributed by atoms with E-state index in [-0.39, 0.29) is 12.5 Å². The summed E-state index contributed by atoms with van der Waals surface area (Å²) in [6.45, 7) is 3.45. The summed E-state index contributed by atoms with van der Waals surface area (Å²) in [5.41, 5.74) is 4.66. The van der Waals surface area contributed by atoms with E-state index in [4.69, 9.17) is 39.5 Å². The van der Waals surface area contributed by atoms with E-state index in [9.17, 15) is 4.79 Å². The van der Waals surface area contributed by atoms with Gasteiger partial charge in [0.1, 0.15) is 5.75 Å². The molecule has 1 N–H and O–H groups in total. The topological polar surface area (TPSA) is 50.7 Å². The summed E-state index contributed by atoms with van der Waals surface area (Å²) in [6, 6.07) is 10.3. The van der Waals surface area contributed by atoms with Gasteiger partial charge in [0.25, 0.3) is 5.91 Å². The first kappa shape index (κ1) is 18.6. The maximum Gasteiger partial charge on any atom is 0.277 e. The number of hydrogen-bond acceptors (Lipinski definition) is 3. The number of nitrogens with one attached hydrogen (secondary N) is 1. The van der Waals surface area contributed by atoms with Crippen LogP contribution in [0.1, 0.15) is 18.1 Å². The Kier molecular flexibility index (Phi) is 6.49. The number of amides is 1. The molecule has 4 nitrogen and oxygen atoms in total. The quantitative estimate of drug-likeness (QED) is 0.589. The van der Waals surface area contributed by atoms with Crippen LogP contribution in [0.3, 0.4) is 0 Å². The molecular formula is C17H15Cl3N2O2. The third-order valence-electron chi connectivity index (χ3n) is 3.18. The van der Waals surface area contributed by atoms with Crippen LogP contribution in [0.4, 0.5) is 0 Å². The number of carbonyl (C=O) groups excluding carboxylic acids is 1. The van der Waals surface area contributed by atoms with Gasteiger partial charge in [0.2, 0.25) is 0 Å². The summed E-state index contributed by atoms with van der Waals surface area (Å²) >= 11 is 17.7. The molecule has 0 saturated carbocycles. The minimum atomic E-state index is -0.372. The van der Waals surface area contributed by atoms with Crippen molar-refractivity contribution in [1.29, 1.82) is 0 Å². The fourth-order valence-corrected chi connectivity index (χ4v) is 2.41. The molecule has 1 amide bonds. The molecule has 0 bridgehead atoms. The van der Waals surface area contributed by atoms with Gasteiger partial charge in [-0.25, -0.2) is 5.43 Å². The van der Waals surface area contributed by atoms with Gasteiger partial charge in [-0.1, -0.05) is 40.9 Å². The van der Waals surface area contributed by atoms with Crippen molar-refractivity contribution in [2.75, 3.05) is 6.61 Å². The van der Waals surface area contributed by atoms with E-state index in [0.29, 0.717) is 26.5 Å². The molecule has 2 aromatic rings. The van der Waals surface area contributed by atoms with E-state index >= 15 is 0 Å². The van der Waals surface area contributed by atoms with Crippen molar-refractivity contribution in [3.05, 3.63) is 62.6 Å². The van der Waals surface area contributed by atoms with Crippen LogP contribution in [0, 0.1) is 6.92 Å². The van der Waals surface area contributed by atoms with Gasteiger partial charge in [-0.05, 0) is 55.3 Å². The smallest absolute Gasteiger partial charge is 0.277 e. The second-order valence-corrected chi connectivity index (χ2v) is 6.31. The minimum Gasteiger partial charge on any atom is -0.483 e. The minimum absolute atomic E-state index is 0.152. The molecular weight excluding hydrogens is 371 g/mol. The summed E-state index contributed by atoms with van der Waals surface area (Å²) in [5, 5.41) is 5.53. The molecule has 0 unspecified atom stereocenters. The molecule has 2 aromatic carbocycles. The van der Waals surface area contributed by atoms with Crippen molar-refractivity contribution < 1.29 is 9.53 Å². The summed E-state index contributed by atoms with van der Waals surface area (Å²) in [4.78, 5) is 11.8. The lowest BCUT2D eigenvalue weighted by molar-refractivity contribution is -0.123. The van der Waals surface area contributed by atoms with Gasteiger partial charge in [0.15, 0.2) is 6.61 Å². The van der Waals surface area contributed by atoms with Gasteiger partial charge in [0, 0.05) is 5.02 Å². The number of halogens is 3. The van der Waals surface area contributed by atoms with Gasteiger partial charge >= 0.3 is 0 Å². The highest BCUT2D eigenvalue weighted by Gasteiger charge is 2.06. The zero-order valence-corrected chi connectivity index (χ0v) is 15.3. The number of aryl methyl sites for hydroxylation is 1. The monoisotopic (exact) mass is 384 g/mol. The molecule has 0 saturated heterocycles. The Bertz CT molecular complexity index is 791. The van der Waals surface area contributed by atoms with E-state index < -0.39 is 0 Å². The van der Waals surface area contributed by atoms with E-state index in [1.807, 2.05) is 6.92 Å². The molecule has 0 aliphatic carbocycles. The second kappa shape index (κ2) is 8.38. The van der Waals surface area contributed by atoms with Crippen LogP contribution in [0.2, 0.25) is 15.1 Å². The van der Waals surface area contributed by atoms with Crippen LogP contribution in [0.5, 0.6) is 5.75 Å². The summed E-state index contributed by atoms with van der Waals surface area (Å²) < 4.78 is 5.45. The number of hydrazone groups is 1. The zero-order chi connectivity index (χ0) is 17.7. The molecule has 126 valence electrons. The number of hydrogen-bond donors (Lipinski definition) is 1. The Morgan fingerprint density at radius 1 is 1.12 bits per heavy atom. The normalized spacial score (nSPS) is 11.3. The van der Waals surface area contributed by atoms with Crippen molar-refractivity contribution in [3.63, 3.8) is 0 Å². The molecule has 0 heterocycles. The van der Waals surface area contributed by atoms with Crippen molar-refractivity contribution in [3.8, 4) is 5.75 Å². The van der Waals surface area contributed by atoms with Crippen molar-refractivity contribution in [2.45, 2.75) is 13.8 Å². The average molecular weight is 386 g/mol. The Balaban J connectivity index is 1.93. The number of rotatable bonds is 5. The lowest BCUT2D eigenvalue weighted by atomic mass is 10.1. The number of carbonyl (C=O) groups is 1. The summed E-state index contributed by atoms with van der Waals surface area (Å²) in [7, 11) is 0. The second-order valence-electron chi connectivity index (χ2n) is 5.06. The summed E-state index contributed by atoms with van der Waals surface area (Å²) in [6.07, 6.45) is 0. The lowest BCUT2D eigenvalue weighted by Gasteiger charge is -2.09. The van der Waals surface area contributed by atoms with Crippen molar-refractivity contribution in [1.82, 2.24) is 5.43 Å². The molecule has 2 rings (SSSR count).